The van der Waals surface area contributed by atoms with Gasteiger partial charge in [0.2, 0.25) is 0 Å². The van der Waals surface area contributed by atoms with E-state index in [-0.39, 0.29) is 6.03 Å². The summed E-state index contributed by atoms with van der Waals surface area (Å²) in [7, 11) is 0. The maximum Gasteiger partial charge on any atom is 0.319 e. The van der Waals surface area contributed by atoms with Gasteiger partial charge in [0.25, 0.3) is 0 Å². The summed E-state index contributed by atoms with van der Waals surface area (Å²) in [4.78, 5) is 20.1. The van der Waals surface area contributed by atoms with Crippen LogP contribution >= 0.6 is 11.6 Å². The molecule has 18 heavy (non-hydrogen) atoms. The second-order valence-electron chi connectivity index (χ2n) is 3.76. The summed E-state index contributed by atoms with van der Waals surface area (Å²) in [5, 5.41) is 6.22. The van der Waals surface area contributed by atoms with Crippen LogP contribution in [0.4, 0.5) is 10.5 Å². The van der Waals surface area contributed by atoms with E-state index in [0.29, 0.717) is 23.8 Å². The number of fused-ring (bicyclic) bond motifs is 1. The first kappa shape index (κ1) is 12.6. The van der Waals surface area contributed by atoms with Gasteiger partial charge in [-0.3, -0.25) is 0 Å². The van der Waals surface area contributed by atoms with Gasteiger partial charge in [0.1, 0.15) is 0 Å². The van der Waals surface area contributed by atoms with E-state index in [4.69, 9.17) is 11.6 Å². The van der Waals surface area contributed by atoms with E-state index >= 15 is 0 Å². The molecular weight excluding hydrogens is 252 g/mol. The number of hydrogen-bond acceptors (Lipinski definition) is 3. The topological polar surface area (TPSA) is 66.9 Å². The average molecular weight is 265 g/mol. The van der Waals surface area contributed by atoms with Crippen LogP contribution in [0.5, 0.6) is 0 Å². The van der Waals surface area contributed by atoms with Crippen LogP contribution in [0.2, 0.25) is 0 Å². The number of rotatable bonds is 3. The molecule has 2 aromatic heterocycles. The van der Waals surface area contributed by atoms with Gasteiger partial charge < -0.3 is 10.6 Å². The van der Waals surface area contributed by atoms with E-state index in [1.165, 1.54) is 0 Å². The van der Waals surface area contributed by atoms with Crippen molar-refractivity contribution in [1.29, 1.82) is 0 Å². The Morgan fingerprint density at radius 1 is 1.50 bits per heavy atom. The van der Waals surface area contributed by atoms with Crippen molar-refractivity contribution in [2.75, 3.05) is 17.7 Å². The molecule has 0 aliphatic heterocycles. The number of anilines is 1. The molecule has 2 rings (SSSR count). The molecule has 0 aliphatic carbocycles. The second kappa shape index (κ2) is 5.64. The lowest BCUT2D eigenvalue weighted by Crippen LogP contribution is -2.30. The third-order valence-electron chi connectivity index (χ3n) is 2.34. The Bertz CT molecular complexity index is 573. The molecule has 0 atom stereocenters. The maximum atomic E-state index is 11.6. The molecule has 0 fully saturated rings. The van der Waals surface area contributed by atoms with Crippen LogP contribution < -0.4 is 10.6 Å². The Labute approximate surface area is 110 Å². The molecule has 94 valence electrons. The van der Waals surface area contributed by atoms with E-state index in [1.807, 2.05) is 19.1 Å². The standard InChI is InChI=1S/C12H13ClN4O/c1-8-7-10(17-12(18)15-6-4-13)9-3-2-5-14-11(9)16-8/h2-3,5,7H,4,6H2,1H3,(H2,14,15,16,17,18). The molecule has 2 heterocycles. The number of aryl methyl sites for hydroxylation is 1. The van der Waals surface area contributed by atoms with Crippen molar-refractivity contribution in [2.24, 2.45) is 0 Å². The first-order valence-electron chi connectivity index (χ1n) is 5.54. The summed E-state index contributed by atoms with van der Waals surface area (Å²) in [6, 6.07) is 5.20. The molecule has 0 saturated heterocycles. The van der Waals surface area contributed by atoms with Gasteiger partial charge in [0, 0.05) is 29.7 Å². The average Bonchev–Trinajstić information content (AvgIpc) is 2.36. The number of carbonyl (C=O) groups excluding carboxylic acids is 1. The highest BCUT2D eigenvalue weighted by atomic mass is 35.5. The molecule has 0 radical (unpaired) electrons. The fourth-order valence-electron chi connectivity index (χ4n) is 1.61. The minimum atomic E-state index is -0.286. The van der Waals surface area contributed by atoms with Crippen molar-refractivity contribution in [2.45, 2.75) is 6.92 Å². The first-order chi connectivity index (χ1) is 8.70. The summed E-state index contributed by atoms with van der Waals surface area (Å²) in [6.07, 6.45) is 1.67. The van der Waals surface area contributed by atoms with Crippen molar-refractivity contribution < 1.29 is 4.79 Å². The minimum Gasteiger partial charge on any atom is -0.337 e. The van der Waals surface area contributed by atoms with Gasteiger partial charge in [-0.2, -0.15) is 0 Å². The molecule has 6 heteroatoms. The number of aromatic nitrogens is 2. The lowest BCUT2D eigenvalue weighted by molar-refractivity contribution is 0.252. The van der Waals surface area contributed by atoms with Gasteiger partial charge in [0.15, 0.2) is 5.65 Å². The number of amides is 2. The number of nitrogens with one attached hydrogen (secondary N) is 2. The van der Waals surface area contributed by atoms with Gasteiger partial charge in [0.05, 0.1) is 5.69 Å². The molecule has 0 unspecified atom stereocenters. The van der Waals surface area contributed by atoms with Gasteiger partial charge in [-0.05, 0) is 25.1 Å². The van der Waals surface area contributed by atoms with Gasteiger partial charge in [-0.25, -0.2) is 14.8 Å². The predicted octanol–water partition coefficient (Wildman–Crippen LogP) is 2.30. The number of hydrogen-bond donors (Lipinski definition) is 2. The van der Waals surface area contributed by atoms with E-state index in [1.54, 1.807) is 12.3 Å². The lowest BCUT2D eigenvalue weighted by atomic mass is 10.2. The number of carbonyl (C=O) groups is 1. The predicted molar refractivity (Wildman–Crippen MR) is 72.0 cm³/mol. The second-order valence-corrected chi connectivity index (χ2v) is 4.13. The summed E-state index contributed by atoms with van der Waals surface area (Å²) in [6.45, 7) is 2.28. The number of urea groups is 1. The number of pyridine rings is 2. The fourth-order valence-corrected chi connectivity index (χ4v) is 1.71. The van der Waals surface area contributed by atoms with Crippen LogP contribution in [-0.4, -0.2) is 28.4 Å². The molecule has 2 N–H and O–H groups in total. The first-order valence-corrected chi connectivity index (χ1v) is 6.07. The Balaban J connectivity index is 2.29. The molecular formula is C12H13ClN4O. The summed E-state index contributed by atoms with van der Waals surface area (Å²) < 4.78 is 0. The Morgan fingerprint density at radius 3 is 3.11 bits per heavy atom. The molecule has 0 aliphatic rings. The van der Waals surface area contributed by atoms with Gasteiger partial charge in [-0.15, -0.1) is 11.6 Å². The summed E-state index contributed by atoms with van der Waals surface area (Å²) >= 11 is 5.51. The molecule has 5 nitrogen and oxygen atoms in total. The van der Waals surface area contributed by atoms with Crippen LogP contribution in [-0.2, 0) is 0 Å². The minimum absolute atomic E-state index is 0.286. The molecule has 0 bridgehead atoms. The zero-order valence-corrected chi connectivity index (χ0v) is 10.7. The highest BCUT2D eigenvalue weighted by molar-refractivity contribution is 6.18. The number of alkyl halides is 1. The van der Waals surface area contributed by atoms with E-state index < -0.39 is 0 Å². The number of nitrogens with zero attached hydrogens (tertiary/aromatic N) is 2. The van der Waals surface area contributed by atoms with E-state index in [9.17, 15) is 4.79 Å². The third-order valence-corrected chi connectivity index (χ3v) is 2.53. The highest BCUT2D eigenvalue weighted by Gasteiger charge is 2.07. The van der Waals surface area contributed by atoms with Crippen molar-refractivity contribution in [3.05, 3.63) is 30.1 Å². The van der Waals surface area contributed by atoms with Gasteiger partial charge >= 0.3 is 6.03 Å². The smallest absolute Gasteiger partial charge is 0.319 e. The lowest BCUT2D eigenvalue weighted by Gasteiger charge is -2.09. The quantitative estimate of drug-likeness (QED) is 0.836. The monoisotopic (exact) mass is 264 g/mol. The largest absolute Gasteiger partial charge is 0.337 e. The van der Waals surface area contributed by atoms with Gasteiger partial charge in [-0.1, -0.05) is 0 Å². The molecule has 2 amide bonds. The van der Waals surface area contributed by atoms with Crippen LogP contribution in [0.1, 0.15) is 5.69 Å². The van der Waals surface area contributed by atoms with Crippen LogP contribution in [0, 0.1) is 6.92 Å². The summed E-state index contributed by atoms with van der Waals surface area (Å²) in [5.41, 5.74) is 2.11. The van der Waals surface area contributed by atoms with E-state index in [2.05, 4.69) is 20.6 Å². The zero-order chi connectivity index (χ0) is 13.0. The molecule has 0 spiro atoms. The maximum absolute atomic E-state index is 11.6. The Kier molecular flexibility index (Phi) is 3.94. The van der Waals surface area contributed by atoms with Crippen LogP contribution in [0.25, 0.3) is 11.0 Å². The zero-order valence-electron chi connectivity index (χ0n) is 9.90. The Hall–Kier alpha value is -1.88. The SMILES string of the molecule is Cc1cc(NC(=O)NCCCl)c2cccnc2n1. The Morgan fingerprint density at radius 2 is 2.33 bits per heavy atom. The molecule has 0 saturated carbocycles. The summed E-state index contributed by atoms with van der Waals surface area (Å²) in [5.74, 6) is 0.380. The van der Waals surface area contributed by atoms with Crippen molar-refractivity contribution in [3.8, 4) is 0 Å². The normalized spacial score (nSPS) is 10.3. The van der Waals surface area contributed by atoms with Crippen molar-refractivity contribution in [3.63, 3.8) is 0 Å². The van der Waals surface area contributed by atoms with E-state index in [0.717, 1.165) is 11.1 Å². The third kappa shape index (κ3) is 2.87. The van der Waals surface area contributed by atoms with Crippen molar-refractivity contribution in [1.82, 2.24) is 15.3 Å². The molecule has 0 aromatic carbocycles. The number of halogens is 1. The molecule has 2 aromatic rings. The fraction of sp³-hybridized carbons (Fsp3) is 0.250. The van der Waals surface area contributed by atoms with Crippen LogP contribution in [0.15, 0.2) is 24.4 Å². The van der Waals surface area contributed by atoms with Crippen LogP contribution in [0.3, 0.4) is 0 Å². The highest BCUT2D eigenvalue weighted by Crippen LogP contribution is 2.21. The van der Waals surface area contributed by atoms with Crippen molar-refractivity contribution >= 4 is 34.4 Å².